The van der Waals surface area contributed by atoms with E-state index in [0.717, 1.165) is 12.1 Å². The van der Waals surface area contributed by atoms with Gasteiger partial charge in [0.2, 0.25) is 0 Å². The predicted octanol–water partition coefficient (Wildman–Crippen LogP) is 2.37. The molecule has 2 unspecified atom stereocenters. The second-order valence-corrected chi connectivity index (χ2v) is 6.29. The van der Waals surface area contributed by atoms with Gasteiger partial charge in [-0.1, -0.05) is 18.8 Å². The third-order valence-corrected chi connectivity index (χ3v) is 4.41. The number of aliphatic imine (C=N–C) groups is 1. The second-order valence-electron chi connectivity index (χ2n) is 6.29. The third-order valence-electron chi connectivity index (χ3n) is 4.41. The van der Waals surface area contributed by atoms with Gasteiger partial charge in [-0.2, -0.15) is 13.2 Å². The topological polar surface area (TPSA) is 53.9 Å². The predicted molar refractivity (Wildman–Crippen MR) is 95.9 cm³/mol. The van der Waals surface area contributed by atoms with Crippen molar-refractivity contribution in [1.82, 2.24) is 10.2 Å². The largest absolute Gasteiger partial charge is 0.469 e. The number of likely N-dealkylation sites (tertiary alicyclic amines) is 1. The SMILES string of the molecule is CN=C(NCC#Cc1ccc(C(F)(F)F)cc1)N1CC(C)C(C(=O)OC)C1. The Balaban J connectivity index is 1.91. The number of methoxy groups -OCH3 is 1. The van der Waals surface area contributed by atoms with Crippen molar-refractivity contribution in [2.75, 3.05) is 33.8 Å². The molecule has 1 aromatic rings. The minimum atomic E-state index is -4.35. The van der Waals surface area contributed by atoms with Crippen LogP contribution < -0.4 is 5.32 Å². The molecule has 1 N–H and O–H groups in total. The summed E-state index contributed by atoms with van der Waals surface area (Å²) in [5, 5.41) is 3.09. The maximum Gasteiger partial charge on any atom is 0.416 e. The molecular formula is C19H22F3N3O2. The van der Waals surface area contributed by atoms with E-state index in [-0.39, 0.29) is 24.3 Å². The van der Waals surface area contributed by atoms with E-state index in [4.69, 9.17) is 4.74 Å². The first kappa shape index (κ1) is 20.6. The molecule has 1 aromatic carbocycles. The molecule has 2 rings (SSSR count). The summed E-state index contributed by atoms with van der Waals surface area (Å²) in [6.07, 6.45) is -4.35. The van der Waals surface area contributed by atoms with Gasteiger partial charge < -0.3 is 15.0 Å². The Morgan fingerprint density at radius 3 is 2.56 bits per heavy atom. The maximum absolute atomic E-state index is 12.5. The molecule has 2 atom stereocenters. The number of halogens is 3. The Bertz CT molecular complexity index is 748. The number of rotatable bonds is 2. The summed E-state index contributed by atoms with van der Waals surface area (Å²) in [4.78, 5) is 17.9. The molecule has 0 saturated carbocycles. The maximum atomic E-state index is 12.5. The number of carbonyl (C=O) groups is 1. The number of ether oxygens (including phenoxy) is 1. The van der Waals surface area contributed by atoms with Crippen LogP contribution in [0.5, 0.6) is 0 Å². The number of hydrogen-bond donors (Lipinski definition) is 1. The lowest BCUT2D eigenvalue weighted by Gasteiger charge is -2.20. The lowest BCUT2D eigenvalue weighted by molar-refractivity contribution is -0.146. The zero-order valence-corrected chi connectivity index (χ0v) is 15.4. The Hall–Kier alpha value is -2.69. The van der Waals surface area contributed by atoms with Gasteiger partial charge in [0.15, 0.2) is 5.96 Å². The first-order valence-electron chi connectivity index (χ1n) is 8.45. The fourth-order valence-corrected chi connectivity index (χ4v) is 2.94. The van der Waals surface area contributed by atoms with Gasteiger partial charge in [-0.05, 0) is 30.2 Å². The summed E-state index contributed by atoms with van der Waals surface area (Å²) in [5.41, 5.74) is -0.199. The van der Waals surface area contributed by atoms with Crippen molar-refractivity contribution in [3.05, 3.63) is 35.4 Å². The minimum Gasteiger partial charge on any atom is -0.469 e. The number of carbonyl (C=O) groups excluding carboxylic acids is 1. The first-order chi connectivity index (χ1) is 12.8. The van der Waals surface area contributed by atoms with E-state index in [2.05, 4.69) is 22.2 Å². The van der Waals surface area contributed by atoms with Gasteiger partial charge in [0.25, 0.3) is 0 Å². The number of nitrogens with zero attached hydrogens (tertiary/aromatic N) is 2. The molecule has 1 aliphatic heterocycles. The molecule has 5 nitrogen and oxygen atoms in total. The number of esters is 1. The number of hydrogen-bond acceptors (Lipinski definition) is 3. The monoisotopic (exact) mass is 381 g/mol. The van der Waals surface area contributed by atoms with Crippen molar-refractivity contribution in [2.45, 2.75) is 13.1 Å². The minimum absolute atomic E-state index is 0.147. The van der Waals surface area contributed by atoms with Crippen molar-refractivity contribution >= 4 is 11.9 Å². The summed E-state index contributed by atoms with van der Waals surface area (Å²) >= 11 is 0. The van der Waals surface area contributed by atoms with Crippen LogP contribution in [-0.4, -0.2) is 50.6 Å². The van der Waals surface area contributed by atoms with Crippen molar-refractivity contribution in [2.24, 2.45) is 16.8 Å². The van der Waals surface area contributed by atoms with Gasteiger partial charge in [0, 0.05) is 25.7 Å². The summed E-state index contributed by atoms with van der Waals surface area (Å²) in [6, 6.07) is 4.70. The average molecular weight is 381 g/mol. The van der Waals surface area contributed by atoms with Crippen molar-refractivity contribution in [3.8, 4) is 11.8 Å². The molecule has 0 amide bonds. The number of benzene rings is 1. The zero-order valence-electron chi connectivity index (χ0n) is 15.4. The molecule has 1 aliphatic rings. The van der Waals surface area contributed by atoms with Crippen LogP contribution in [-0.2, 0) is 15.7 Å². The Morgan fingerprint density at radius 2 is 2.00 bits per heavy atom. The number of alkyl halides is 3. The molecule has 1 heterocycles. The lowest BCUT2D eigenvalue weighted by Crippen LogP contribution is -2.40. The van der Waals surface area contributed by atoms with Crippen LogP contribution in [0, 0.1) is 23.7 Å². The fraction of sp³-hybridized carbons (Fsp3) is 0.474. The molecule has 0 aromatic heterocycles. The summed E-state index contributed by atoms with van der Waals surface area (Å²) in [7, 11) is 3.02. The van der Waals surface area contributed by atoms with Crippen molar-refractivity contribution < 1.29 is 22.7 Å². The van der Waals surface area contributed by atoms with Gasteiger partial charge >= 0.3 is 12.1 Å². The van der Waals surface area contributed by atoms with Crippen LogP contribution >= 0.6 is 0 Å². The Morgan fingerprint density at radius 1 is 1.33 bits per heavy atom. The molecule has 1 saturated heterocycles. The Kier molecular flexibility index (Phi) is 6.72. The highest BCUT2D eigenvalue weighted by Gasteiger charge is 2.36. The summed E-state index contributed by atoms with van der Waals surface area (Å²) < 4.78 is 42.4. The van der Waals surface area contributed by atoms with Crippen LogP contribution in [0.15, 0.2) is 29.3 Å². The zero-order chi connectivity index (χ0) is 20.0. The molecule has 146 valence electrons. The molecular weight excluding hydrogens is 359 g/mol. The van der Waals surface area contributed by atoms with Gasteiger partial charge in [-0.15, -0.1) is 0 Å². The number of guanidine groups is 1. The third kappa shape index (κ3) is 5.39. The van der Waals surface area contributed by atoms with Crippen LogP contribution in [0.1, 0.15) is 18.1 Å². The standard InChI is InChI=1S/C19H22F3N3O2/c1-13-11-25(12-16(13)17(26)27-3)18(23-2)24-10-4-5-14-6-8-15(9-7-14)19(20,21)22/h6-9,13,16H,10-12H2,1-3H3,(H,23,24). The summed E-state index contributed by atoms with van der Waals surface area (Å²) in [5.74, 6) is 6.01. The first-order valence-corrected chi connectivity index (χ1v) is 8.45. The molecule has 27 heavy (non-hydrogen) atoms. The van der Waals surface area contributed by atoms with Crippen LogP contribution in [0.3, 0.4) is 0 Å². The van der Waals surface area contributed by atoms with E-state index in [0.29, 0.717) is 24.6 Å². The second kappa shape index (κ2) is 8.80. The van der Waals surface area contributed by atoms with E-state index in [1.807, 2.05) is 11.8 Å². The highest BCUT2D eigenvalue weighted by molar-refractivity contribution is 5.82. The smallest absolute Gasteiger partial charge is 0.416 e. The van der Waals surface area contributed by atoms with Gasteiger partial charge in [-0.3, -0.25) is 9.79 Å². The highest BCUT2D eigenvalue weighted by Crippen LogP contribution is 2.29. The van der Waals surface area contributed by atoms with Crippen molar-refractivity contribution in [1.29, 1.82) is 0 Å². The quantitative estimate of drug-likeness (QED) is 0.370. The van der Waals surface area contributed by atoms with Gasteiger partial charge in [0.1, 0.15) is 0 Å². The molecule has 1 fully saturated rings. The van der Waals surface area contributed by atoms with E-state index in [1.54, 1.807) is 7.05 Å². The summed E-state index contributed by atoms with van der Waals surface area (Å²) in [6.45, 7) is 3.45. The molecule has 0 spiro atoms. The van der Waals surface area contributed by atoms with Crippen LogP contribution in [0.4, 0.5) is 13.2 Å². The molecule has 8 heteroatoms. The van der Waals surface area contributed by atoms with Crippen LogP contribution in [0.2, 0.25) is 0 Å². The molecule has 0 aliphatic carbocycles. The van der Waals surface area contributed by atoms with Gasteiger partial charge in [0.05, 0.1) is 25.1 Å². The average Bonchev–Trinajstić information content (AvgIpc) is 3.02. The molecule has 0 bridgehead atoms. The van der Waals surface area contributed by atoms with E-state index in [9.17, 15) is 18.0 Å². The van der Waals surface area contributed by atoms with E-state index < -0.39 is 11.7 Å². The Labute approximate surface area is 156 Å². The highest BCUT2D eigenvalue weighted by atomic mass is 19.4. The fourth-order valence-electron chi connectivity index (χ4n) is 2.94. The van der Waals surface area contributed by atoms with Crippen LogP contribution in [0.25, 0.3) is 0 Å². The van der Waals surface area contributed by atoms with E-state index >= 15 is 0 Å². The lowest BCUT2D eigenvalue weighted by atomic mass is 9.99. The molecule has 0 radical (unpaired) electrons. The van der Waals surface area contributed by atoms with Gasteiger partial charge in [-0.25, -0.2) is 0 Å². The van der Waals surface area contributed by atoms with E-state index in [1.165, 1.54) is 19.2 Å². The number of nitrogens with one attached hydrogen (secondary N) is 1. The van der Waals surface area contributed by atoms with Crippen molar-refractivity contribution in [3.63, 3.8) is 0 Å². The normalized spacial score (nSPS) is 20.1.